The minimum atomic E-state index is -3.79. The number of aliphatic hydroxyl groups excluding tert-OH is 1. The summed E-state index contributed by atoms with van der Waals surface area (Å²) in [6, 6.07) is 8.66. The number of pyridine rings is 1. The Morgan fingerprint density at radius 1 is 1.31 bits per heavy atom. The molecule has 140 valence electrons. The molecule has 0 spiro atoms. The Bertz CT molecular complexity index is 852. The number of nitrogens with one attached hydrogen (secondary N) is 1. The first kappa shape index (κ1) is 18.8. The Labute approximate surface area is 152 Å². The van der Waals surface area contributed by atoms with Gasteiger partial charge in [-0.25, -0.2) is 22.5 Å². The van der Waals surface area contributed by atoms with E-state index in [-0.39, 0.29) is 11.5 Å². The highest BCUT2D eigenvalue weighted by Crippen LogP contribution is 2.38. The zero-order valence-corrected chi connectivity index (χ0v) is 15.1. The average molecular weight is 380 g/mol. The number of aliphatic hydroxyl groups is 1. The van der Waals surface area contributed by atoms with Crippen molar-refractivity contribution >= 4 is 10.0 Å². The summed E-state index contributed by atoms with van der Waals surface area (Å²) in [5, 5.41) is 9.60. The molecule has 3 rings (SSSR count). The van der Waals surface area contributed by atoms with E-state index in [1.165, 1.54) is 25.3 Å². The third kappa shape index (κ3) is 4.38. The third-order valence-electron chi connectivity index (χ3n) is 4.56. The van der Waals surface area contributed by atoms with Crippen LogP contribution in [0.25, 0.3) is 0 Å². The van der Waals surface area contributed by atoms with E-state index >= 15 is 0 Å². The summed E-state index contributed by atoms with van der Waals surface area (Å²) in [7, 11) is -2.29. The monoisotopic (exact) mass is 380 g/mol. The fourth-order valence-electron chi connectivity index (χ4n) is 3.09. The highest BCUT2D eigenvalue weighted by Gasteiger charge is 2.37. The van der Waals surface area contributed by atoms with Gasteiger partial charge in [0.15, 0.2) is 0 Å². The highest BCUT2D eigenvalue weighted by molar-refractivity contribution is 7.88. The number of hydrogen-bond acceptors (Lipinski definition) is 5. The zero-order valence-electron chi connectivity index (χ0n) is 14.3. The summed E-state index contributed by atoms with van der Waals surface area (Å²) in [5.74, 6) is -0.625. The third-order valence-corrected chi connectivity index (χ3v) is 5.86. The molecule has 1 aromatic heterocycles. The molecular weight excluding hydrogens is 359 g/mol. The lowest BCUT2D eigenvalue weighted by atomic mass is 9.76. The maximum absolute atomic E-state index is 13.8. The van der Waals surface area contributed by atoms with E-state index in [1.54, 1.807) is 24.4 Å². The lowest BCUT2D eigenvalue weighted by molar-refractivity contribution is 0.0279. The van der Waals surface area contributed by atoms with Crippen LogP contribution in [0.3, 0.4) is 0 Å². The molecule has 1 aliphatic carbocycles. The van der Waals surface area contributed by atoms with Gasteiger partial charge in [-0.15, -0.1) is 0 Å². The second kappa shape index (κ2) is 7.69. The topological polar surface area (TPSA) is 88.5 Å². The molecule has 26 heavy (non-hydrogen) atoms. The van der Waals surface area contributed by atoms with Crippen LogP contribution in [-0.4, -0.2) is 31.7 Å². The Kier molecular flexibility index (Phi) is 5.55. The van der Waals surface area contributed by atoms with Gasteiger partial charge in [0.25, 0.3) is 0 Å². The number of ether oxygens (including phenoxy) is 1. The second-order valence-corrected chi connectivity index (χ2v) is 8.22. The van der Waals surface area contributed by atoms with Crippen LogP contribution in [0, 0.1) is 11.7 Å². The van der Waals surface area contributed by atoms with Gasteiger partial charge in [-0.05, 0) is 30.4 Å². The molecule has 0 radical (unpaired) electrons. The number of halogens is 1. The second-order valence-electron chi connectivity index (χ2n) is 6.47. The molecule has 0 saturated heterocycles. The molecule has 0 aliphatic heterocycles. The number of sulfonamides is 1. The smallest absolute Gasteiger partial charge is 0.216 e. The summed E-state index contributed by atoms with van der Waals surface area (Å²) < 4.78 is 46.7. The van der Waals surface area contributed by atoms with Crippen molar-refractivity contribution in [3.63, 3.8) is 0 Å². The molecule has 1 atom stereocenters. The quantitative estimate of drug-likeness (QED) is 0.768. The maximum atomic E-state index is 13.8. The average Bonchev–Trinajstić information content (AvgIpc) is 2.59. The molecule has 8 heteroatoms. The van der Waals surface area contributed by atoms with E-state index in [9.17, 15) is 17.9 Å². The van der Waals surface area contributed by atoms with Crippen LogP contribution in [-0.2, 0) is 15.8 Å². The van der Waals surface area contributed by atoms with Crippen molar-refractivity contribution in [1.29, 1.82) is 0 Å². The van der Waals surface area contributed by atoms with E-state index in [2.05, 4.69) is 9.71 Å². The minimum Gasteiger partial charge on any atom is -0.481 e. The first-order valence-electron chi connectivity index (χ1n) is 8.29. The van der Waals surface area contributed by atoms with Crippen LogP contribution < -0.4 is 9.46 Å². The normalized spacial score (nSPS) is 21.0. The lowest BCUT2D eigenvalue weighted by Crippen LogP contribution is -2.41. The standard InChI is InChI=1S/C18H21FN2O4S/c1-25-17-7-6-12(10-20-17)18(14-8-15(22)9-14)21-26(23,24)11-13-4-2-3-5-16(13)19/h2-7,10,14-15,18,21-22H,8-9,11H2,1H3/t14?,15?,18-/m0/s1. The van der Waals surface area contributed by atoms with Gasteiger partial charge in [-0.1, -0.05) is 24.3 Å². The SMILES string of the molecule is COc1ccc([C@H](NS(=O)(=O)Cc2ccccc2F)C2CC(O)C2)cn1. The fraction of sp³-hybridized carbons (Fsp3) is 0.389. The number of rotatable bonds is 7. The van der Waals surface area contributed by atoms with Gasteiger partial charge in [-0.3, -0.25) is 0 Å². The van der Waals surface area contributed by atoms with Crippen LogP contribution in [0.15, 0.2) is 42.6 Å². The maximum Gasteiger partial charge on any atom is 0.216 e. The molecule has 0 amide bonds. The van der Waals surface area contributed by atoms with Gasteiger partial charge >= 0.3 is 0 Å². The molecule has 6 nitrogen and oxygen atoms in total. The van der Waals surface area contributed by atoms with Crippen LogP contribution in [0.5, 0.6) is 5.88 Å². The predicted octanol–water partition coefficient (Wildman–Crippen LogP) is 2.16. The summed E-state index contributed by atoms with van der Waals surface area (Å²) in [6.45, 7) is 0. The number of hydrogen-bond donors (Lipinski definition) is 2. The van der Waals surface area contributed by atoms with Gasteiger partial charge in [0, 0.05) is 17.8 Å². The van der Waals surface area contributed by atoms with E-state index in [0.717, 1.165) is 0 Å². The molecule has 1 saturated carbocycles. The minimum absolute atomic E-state index is 0.0457. The Morgan fingerprint density at radius 3 is 2.62 bits per heavy atom. The number of aromatic nitrogens is 1. The van der Waals surface area contributed by atoms with Crippen molar-refractivity contribution in [2.24, 2.45) is 5.92 Å². The molecule has 0 unspecified atom stereocenters. The number of nitrogens with zero attached hydrogens (tertiary/aromatic N) is 1. The van der Waals surface area contributed by atoms with Crippen molar-refractivity contribution in [2.45, 2.75) is 30.7 Å². The summed E-state index contributed by atoms with van der Waals surface area (Å²) >= 11 is 0. The number of methoxy groups -OCH3 is 1. The molecule has 0 bridgehead atoms. The zero-order chi connectivity index (χ0) is 18.7. The molecule has 1 fully saturated rings. The Morgan fingerprint density at radius 2 is 2.04 bits per heavy atom. The number of benzene rings is 1. The van der Waals surface area contributed by atoms with Crippen LogP contribution in [0.4, 0.5) is 4.39 Å². The van der Waals surface area contributed by atoms with Gasteiger partial charge < -0.3 is 9.84 Å². The molecule has 1 aliphatic rings. The molecule has 2 aromatic rings. The summed E-state index contributed by atoms with van der Waals surface area (Å²) in [4.78, 5) is 4.13. The Hall–Kier alpha value is -2.03. The fourth-order valence-corrected chi connectivity index (χ4v) is 4.53. The largest absolute Gasteiger partial charge is 0.481 e. The molecular formula is C18H21FN2O4S. The summed E-state index contributed by atoms with van der Waals surface area (Å²) in [5.41, 5.74) is 0.792. The van der Waals surface area contributed by atoms with Gasteiger partial charge in [-0.2, -0.15) is 0 Å². The van der Waals surface area contributed by atoms with Crippen molar-refractivity contribution in [3.05, 3.63) is 59.5 Å². The van der Waals surface area contributed by atoms with Crippen molar-refractivity contribution in [2.75, 3.05) is 7.11 Å². The van der Waals surface area contributed by atoms with E-state index in [1.807, 2.05) is 0 Å². The van der Waals surface area contributed by atoms with E-state index in [0.29, 0.717) is 24.3 Å². The van der Waals surface area contributed by atoms with Crippen molar-refractivity contribution in [3.8, 4) is 5.88 Å². The molecule has 1 heterocycles. The predicted molar refractivity (Wildman–Crippen MR) is 94.4 cm³/mol. The first-order chi connectivity index (χ1) is 12.4. The van der Waals surface area contributed by atoms with Gasteiger partial charge in [0.05, 0.1) is 25.0 Å². The van der Waals surface area contributed by atoms with Crippen molar-refractivity contribution < 1.29 is 22.7 Å². The van der Waals surface area contributed by atoms with Crippen molar-refractivity contribution in [1.82, 2.24) is 9.71 Å². The van der Waals surface area contributed by atoms with E-state index < -0.39 is 33.7 Å². The molecule has 1 aromatic carbocycles. The summed E-state index contributed by atoms with van der Waals surface area (Å²) in [6.07, 6.45) is 2.13. The first-order valence-corrected chi connectivity index (χ1v) is 9.94. The molecule has 2 N–H and O–H groups in total. The van der Waals surface area contributed by atoms with E-state index in [4.69, 9.17) is 4.74 Å². The lowest BCUT2D eigenvalue weighted by Gasteiger charge is -2.38. The van der Waals surface area contributed by atoms with Crippen LogP contribution >= 0.6 is 0 Å². The Balaban J connectivity index is 1.81. The van der Waals surface area contributed by atoms with Crippen LogP contribution in [0.1, 0.15) is 30.0 Å². The van der Waals surface area contributed by atoms with Crippen LogP contribution in [0.2, 0.25) is 0 Å². The van der Waals surface area contributed by atoms with Gasteiger partial charge in [0.1, 0.15) is 5.82 Å². The highest BCUT2D eigenvalue weighted by atomic mass is 32.2. The van der Waals surface area contributed by atoms with Gasteiger partial charge in [0.2, 0.25) is 15.9 Å².